The maximum Gasteiger partial charge on any atom is 0.293 e. The Labute approximate surface area is 234 Å². The van der Waals surface area contributed by atoms with Gasteiger partial charge in [-0.3, -0.25) is 19.3 Å². The van der Waals surface area contributed by atoms with E-state index in [-0.39, 0.29) is 36.8 Å². The number of hydrogen-bond donors (Lipinski definition) is 1. The van der Waals surface area contributed by atoms with Crippen LogP contribution in [0.5, 0.6) is 11.5 Å². The predicted octanol–water partition coefficient (Wildman–Crippen LogP) is 6.63. The topological polar surface area (TPSA) is 84.9 Å². The smallest absolute Gasteiger partial charge is 0.293 e. The molecule has 1 fully saturated rings. The van der Waals surface area contributed by atoms with Crippen LogP contribution in [0, 0.1) is 0 Å². The third-order valence-electron chi connectivity index (χ3n) is 5.87. The van der Waals surface area contributed by atoms with Crippen LogP contribution in [0.25, 0.3) is 16.8 Å². The van der Waals surface area contributed by atoms with Crippen molar-refractivity contribution in [3.8, 4) is 11.5 Å². The normalized spacial score (nSPS) is 14.2. The van der Waals surface area contributed by atoms with Gasteiger partial charge in [-0.15, -0.1) is 0 Å². The fraction of sp³-hybridized carbons (Fsp3) is 0.100. The molecule has 1 aliphatic heterocycles. The number of thioether (sulfide) groups is 1. The van der Waals surface area contributed by atoms with Gasteiger partial charge in [0.1, 0.15) is 18.1 Å². The fourth-order valence-corrected chi connectivity index (χ4v) is 4.94. The Morgan fingerprint density at radius 1 is 0.897 bits per heavy atom. The van der Waals surface area contributed by atoms with Crippen molar-refractivity contribution >= 4 is 63.0 Å². The molecule has 1 N–H and O–H groups in total. The van der Waals surface area contributed by atoms with Gasteiger partial charge in [-0.05, 0) is 71.3 Å². The average Bonchev–Trinajstić information content (AvgIpc) is 3.21. The van der Waals surface area contributed by atoms with E-state index >= 15 is 0 Å². The molecule has 7 nitrogen and oxygen atoms in total. The third-order valence-corrected chi connectivity index (χ3v) is 7.03. The molecule has 4 aromatic carbocycles. The Morgan fingerprint density at radius 3 is 2.44 bits per heavy atom. The van der Waals surface area contributed by atoms with Crippen LogP contribution in [-0.4, -0.2) is 41.7 Å². The van der Waals surface area contributed by atoms with Gasteiger partial charge >= 0.3 is 0 Å². The van der Waals surface area contributed by atoms with Gasteiger partial charge in [0.15, 0.2) is 6.61 Å². The van der Waals surface area contributed by atoms with Gasteiger partial charge in [-0.1, -0.05) is 60.1 Å². The number of imide groups is 1. The van der Waals surface area contributed by atoms with Gasteiger partial charge in [0.2, 0.25) is 0 Å². The zero-order valence-corrected chi connectivity index (χ0v) is 22.2. The van der Waals surface area contributed by atoms with Crippen molar-refractivity contribution in [1.29, 1.82) is 0 Å². The summed E-state index contributed by atoms with van der Waals surface area (Å²) in [4.78, 5) is 39.0. The summed E-state index contributed by atoms with van der Waals surface area (Å²) in [5, 5.41) is 5.01. The van der Waals surface area contributed by atoms with Crippen molar-refractivity contribution < 1.29 is 23.9 Å². The Kier molecular flexibility index (Phi) is 8.15. The molecule has 0 unspecified atom stereocenters. The standard InChI is InChI=1S/C30H23ClN2O5S/c31-22-10-12-23(13-11-22)32-28(34)19-38-24-14-8-20(9-15-24)18-27-29(35)33(30(36)39-27)16-17-37-26-7-3-5-21-4-1-2-6-25(21)26/h1-15,18H,16-17,19H2,(H,32,34)/b27-18-. The first-order valence-corrected chi connectivity index (χ1v) is 13.3. The maximum absolute atomic E-state index is 12.9. The Balaban J connectivity index is 1.13. The molecule has 9 heteroatoms. The highest BCUT2D eigenvalue weighted by Gasteiger charge is 2.34. The van der Waals surface area contributed by atoms with Gasteiger partial charge in [-0.25, -0.2) is 0 Å². The lowest BCUT2D eigenvalue weighted by molar-refractivity contribution is -0.123. The van der Waals surface area contributed by atoms with E-state index in [4.69, 9.17) is 21.1 Å². The van der Waals surface area contributed by atoms with E-state index in [2.05, 4.69) is 5.32 Å². The number of rotatable bonds is 9. The number of nitrogens with one attached hydrogen (secondary N) is 1. The molecule has 1 heterocycles. The molecule has 196 valence electrons. The summed E-state index contributed by atoms with van der Waals surface area (Å²) in [5.41, 5.74) is 1.35. The summed E-state index contributed by atoms with van der Waals surface area (Å²) >= 11 is 6.75. The third kappa shape index (κ3) is 6.60. The van der Waals surface area contributed by atoms with E-state index in [1.807, 2.05) is 42.5 Å². The number of fused-ring (bicyclic) bond motifs is 1. The fourth-order valence-electron chi connectivity index (χ4n) is 3.95. The maximum atomic E-state index is 12.9. The molecule has 0 spiro atoms. The van der Waals surface area contributed by atoms with Crippen LogP contribution < -0.4 is 14.8 Å². The van der Waals surface area contributed by atoms with Crippen LogP contribution in [0.3, 0.4) is 0 Å². The predicted molar refractivity (Wildman–Crippen MR) is 154 cm³/mol. The monoisotopic (exact) mass is 558 g/mol. The minimum Gasteiger partial charge on any atom is -0.491 e. The van der Waals surface area contributed by atoms with Crippen LogP contribution in [0.1, 0.15) is 5.56 Å². The van der Waals surface area contributed by atoms with Crippen molar-refractivity contribution in [2.24, 2.45) is 0 Å². The Bertz CT molecular complexity index is 1550. The van der Waals surface area contributed by atoms with Crippen molar-refractivity contribution in [2.75, 3.05) is 25.1 Å². The van der Waals surface area contributed by atoms with E-state index in [1.165, 1.54) is 4.90 Å². The molecule has 39 heavy (non-hydrogen) atoms. The number of amides is 3. The molecule has 0 atom stereocenters. The van der Waals surface area contributed by atoms with E-state index in [1.54, 1.807) is 54.6 Å². The second-order valence-electron chi connectivity index (χ2n) is 8.57. The first kappa shape index (κ1) is 26.3. The molecule has 0 saturated carbocycles. The number of halogens is 1. The molecule has 3 amide bonds. The molecule has 0 aliphatic carbocycles. The first-order chi connectivity index (χ1) is 19.0. The van der Waals surface area contributed by atoms with Gasteiger partial charge in [0.25, 0.3) is 17.1 Å². The number of hydrogen-bond acceptors (Lipinski definition) is 6. The second-order valence-corrected chi connectivity index (χ2v) is 10.0. The highest BCUT2D eigenvalue weighted by atomic mass is 35.5. The van der Waals surface area contributed by atoms with Gasteiger partial charge in [0.05, 0.1) is 11.4 Å². The summed E-state index contributed by atoms with van der Waals surface area (Å²) in [6.07, 6.45) is 1.66. The van der Waals surface area contributed by atoms with Crippen LogP contribution in [-0.2, 0) is 9.59 Å². The van der Waals surface area contributed by atoms with Crippen LogP contribution >= 0.6 is 23.4 Å². The zero-order valence-electron chi connectivity index (χ0n) is 20.6. The van der Waals surface area contributed by atoms with Crippen LogP contribution in [0.4, 0.5) is 10.5 Å². The van der Waals surface area contributed by atoms with Gasteiger partial charge in [-0.2, -0.15) is 0 Å². The van der Waals surface area contributed by atoms with Crippen molar-refractivity contribution in [1.82, 2.24) is 4.90 Å². The summed E-state index contributed by atoms with van der Waals surface area (Å²) in [7, 11) is 0. The lowest BCUT2D eigenvalue weighted by Crippen LogP contribution is -2.32. The van der Waals surface area contributed by atoms with Crippen LogP contribution in [0.2, 0.25) is 5.02 Å². The van der Waals surface area contributed by atoms with Crippen molar-refractivity contribution in [2.45, 2.75) is 0 Å². The molecule has 0 bridgehead atoms. The van der Waals surface area contributed by atoms with Gasteiger partial charge in [0, 0.05) is 16.1 Å². The SMILES string of the molecule is O=C(COc1ccc(/C=C2\SC(=O)N(CCOc3cccc4ccccc34)C2=O)cc1)Nc1ccc(Cl)cc1. The van der Waals surface area contributed by atoms with E-state index in [0.29, 0.717) is 27.1 Å². The van der Waals surface area contributed by atoms with E-state index in [9.17, 15) is 14.4 Å². The summed E-state index contributed by atoms with van der Waals surface area (Å²) in [5.74, 6) is 0.544. The number of benzene rings is 4. The number of anilines is 1. The molecular weight excluding hydrogens is 536 g/mol. The molecule has 1 aliphatic rings. The summed E-state index contributed by atoms with van der Waals surface area (Å²) < 4.78 is 11.4. The van der Waals surface area contributed by atoms with E-state index in [0.717, 1.165) is 28.1 Å². The van der Waals surface area contributed by atoms with Crippen molar-refractivity contribution in [3.05, 3.63) is 106 Å². The molecule has 5 rings (SSSR count). The molecule has 0 aromatic heterocycles. The van der Waals surface area contributed by atoms with E-state index < -0.39 is 0 Å². The Morgan fingerprint density at radius 2 is 1.64 bits per heavy atom. The lowest BCUT2D eigenvalue weighted by Gasteiger charge is -2.14. The molecule has 1 saturated heterocycles. The zero-order chi connectivity index (χ0) is 27.2. The minimum absolute atomic E-state index is 0.149. The Hall–Kier alpha value is -4.27. The van der Waals surface area contributed by atoms with Crippen LogP contribution in [0.15, 0.2) is 95.9 Å². The minimum atomic E-state index is -0.356. The molecule has 4 aromatic rings. The number of carbonyl (C=O) groups excluding carboxylic acids is 3. The highest BCUT2D eigenvalue weighted by Crippen LogP contribution is 2.32. The second kappa shape index (κ2) is 12.1. The molecule has 0 radical (unpaired) electrons. The van der Waals surface area contributed by atoms with Crippen molar-refractivity contribution in [3.63, 3.8) is 0 Å². The number of ether oxygens (including phenoxy) is 2. The first-order valence-electron chi connectivity index (χ1n) is 12.1. The highest BCUT2D eigenvalue weighted by molar-refractivity contribution is 8.18. The largest absolute Gasteiger partial charge is 0.491 e. The number of carbonyl (C=O) groups is 3. The number of nitrogens with zero attached hydrogens (tertiary/aromatic N) is 1. The average molecular weight is 559 g/mol. The molecular formula is C30H23ClN2O5S. The quantitative estimate of drug-likeness (QED) is 0.232. The van der Waals surface area contributed by atoms with Gasteiger partial charge < -0.3 is 14.8 Å². The summed E-state index contributed by atoms with van der Waals surface area (Å²) in [6, 6.07) is 27.3. The summed E-state index contributed by atoms with van der Waals surface area (Å²) in [6.45, 7) is 0.175. The lowest BCUT2D eigenvalue weighted by atomic mass is 10.1.